The maximum atomic E-state index is 13.3. The predicted molar refractivity (Wildman–Crippen MR) is 131 cm³/mol. The fourth-order valence-corrected chi connectivity index (χ4v) is 4.40. The zero-order valence-corrected chi connectivity index (χ0v) is 20.9. The number of halogens is 1. The van der Waals surface area contributed by atoms with E-state index in [0.29, 0.717) is 17.0 Å². The summed E-state index contributed by atoms with van der Waals surface area (Å²) in [7, 11) is 0. The molecule has 0 spiro atoms. The molecule has 2 aromatic carbocycles. The summed E-state index contributed by atoms with van der Waals surface area (Å²) in [5, 5.41) is 11.5. The Bertz CT molecular complexity index is 1140. The third-order valence-corrected chi connectivity index (χ3v) is 6.05. The van der Waals surface area contributed by atoms with E-state index in [9.17, 15) is 19.7 Å². The summed E-state index contributed by atoms with van der Waals surface area (Å²) < 4.78 is 11.6. The molecule has 1 aliphatic heterocycles. The average Bonchev–Trinajstić information content (AvgIpc) is 2.80. The highest BCUT2D eigenvalue weighted by molar-refractivity contribution is 9.10. The molecule has 0 saturated heterocycles. The van der Waals surface area contributed by atoms with Crippen LogP contribution >= 0.6 is 15.9 Å². The molecule has 0 N–H and O–H groups in total. The smallest absolute Gasteiger partial charge is 0.336 e. The van der Waals surface area contributed by atoms with Crippen molar-refractivity contribution in [3.63, 3.8) is 0 Å². The van der Waals surface area contributed by atoms with Crippen molar-refractivity contribution in [2.45, 2.75) is 33.6 Å². The van der Waals surface area contributed by atoms with Crippen LogP contribution in [0.15, 0.2) is 75.5 Å². The fourth-order valence-electron chi connectivity index (χ4n) is 4.13. The lowest BCUT2D eigenvalue weighted by atomic mass is 9.79. The van der Waals surface area contributed by atoms with Gasteiger partial charge in [0.1, 0.15) is 0 Å². The van der Waals surface area contributed by atoms with Crippen LogP contribution in [-0.2, 0) is 19.1 Å². The van der Waals surface area contributed by atoms with Gasteiger partial charge in [0.2, 0.25) is 0 Å². The number of nitro benzene ring substituents is 1. The molecular weight excluding hydrogens is 504 g/mol. The van der Waals surface area contributed by atoms with E-state index in [4.69, 9.17) is 9.47 Å². The third kappa shape index (κ3) is 4.89. The summed E-state index contributed by atoms with van der Waals surface area (Å²) in [5.41, 5.74) is 2.58. The van der Waals surface area contributed by atoms with Gasteiger partial charge in [0.05, 0.1) is 35.2 Å². The molecule has 0 bridgehead atoms. The van der Waals surface area contributed by atoms with Crippen LogP contribution in [-0.4, -0.2) is 30.1 Å². The molecule has 3 rings (SSSR count). The Labute approximate surface area is 206 Å². The summed E-state index contributed by atoms with van der Waals surface area (Å²) in [5.74, 6) is -2.11. The number of rotatable bonds is 7. The van der Waals surface area contributed by atoms with Crippen LogP contribution < -0.4 is 4.90 Å². The lowest BCUT2D eigenvalue weighted by Gasteiger charge is -2.38. The van der Waals surface area contributed by atoms with Crippen LogP contribution in [0, 0.1) is 10.1 Å². The van der Waals surface area contributed by atoms with Crippen molar-refractivity contribution in [3.8, 4) is 0 Å². The first-order chi connectivity index (χ1) is 16.2. The quantitative estimate of drug-likeness (QED) is 0.260. The Hall–Kier alpha value is -3.46. The largest absolute Gasteiger partial charge is 0.463 e. The van der Waals surface area contributed by atoms with Crippen LogP contribution in [0.1, 0.15) is 39.2 Å². The van der Waals surface area contributed by atoms with Gasteiger partial charge in [-0.05, 0) is 57.5 Å². The number of hydrogen-bond donors (Lipinski definition) is 0. The molecule has 0 aliphatic carbocycles. The number of non-ortho nitro benzene ring substituents is 1. The van der Waals surface area contributed by atoms with E-state index in [1.165, 1.54) is 18.2 Å². The molecule has 0 atom stereocenters. The number of carbonyl (C=O) groups is 2. The average molecular weight is 529 g/mol. The van der Waals surface area contributed by atoms with Crippen LogP contribution in [0.2, 0.25) is 0 Å². The number of nitro groups is 1. The molecule has 0 aromatic heterocycles. The molecule has 0 unspecified atom stereocenters. The highest BCUT2D eigenvalue weighted by Crippen LogP contribution is 2.45. The maximum absolute atomic E-state index is 13.3. The molecule has 2 aromatic rings. The Balaban J connectivity index is 2.34. The normalized spacial score (nSPS) is 14.3. The lowest BCUT2D eigenvalue weighted by Crippen LogP contribution is -2.35. The van der Waals surface area contributed by atoms with Gasteiger partial charge in [0.25, 0.3) is 5.69 Å². The number of carbonyl (C=O) groups excluding carboxylic acids is 2. The monoisotopic (exact) mass is 528 g/mol. The van der Waals surface area contributed by atoms with Crippen molar-refractivity contribution < 1.29 is 24.0 Å². The second-order valence-corrected chi connectivity index (χ2v) is 8.45. The minimum absolute atomic E-state index is 0.132. The molecule has 1 heterocycles. The van der Waals surface area contributed by atoms with Gasteiger partial charge in [-0.2, -0.15) is 0 Å². The predicted octanol–water partition coefficient (Wildman–Crippen LogP) is 5.64. The van der Waals surface area contributed by atoms with Gasteiger partial charge in [0, 0.05) is 33.7 Å². The molecule has 178 valence electrons. The van der Waals surface area contributed by atoms with E-state index in [1.54, 1.807) is 38.7 Å². The van der Waals surface area contributed by atoms with E-state index in [2.05, 4.69) is 15.9 Å². The number of hydrogen-bond acceptors (Lipinski definition) is 7. The van der Waals surface area contributed by atoms with Crippen LogP contribution in [0.25, 0.3) is 0 Å². The molecule has 9 heteroatoms. The van der Waals surface area contributed by atoms with Gasteiger partial charge in [-0.1, -0.05) is 28.1 Å². The lowest BCUT2D eigenvalue weighted by molar-refractivity contribution is -0.384. The molecule has 0 fully saturated rings. The topological polar surface area (TPSA) is 99.0 Å². The highest BCUT2D eigenvalue weighted by atomic mass is 79.9. The Morgan fingerprint density at radius 2 is 1.50 bits per heavy atom. The molecule has 0 radical (unpaired) electrons. The van der Waals surface area contributed by atoms with Gasteiger partial charge in [-0.25, -0.2) is 9.59 Å². The highest BCUT2D eigenvalue weighted by Gasteiger charge is 2.41. The van der Waals surface area contributed by atoms with Crippen LogP contribution in [0.4, 0.5) is 11.4 Å². The van der Waals surface area contributed by atoms with Gasteiger partial charge >= 0.3 is 11.9 Å². The van der Waals surface area contributed by atoms with E-state index in [-0.39, 0.29) is 30.0 Å². The number of ether oxygens (including phenoxy) is 2. The Kier molecular flexibility index (Phi) is 7.88. The van der Waals surface area contributed by atoms with Crippen molar-refractivity contribution in [2.24, 2.45) is 0 Å². The first-order valence-corrected chi connectivity index (χ1v) is 11.6. The summed E-state index contributed by atoms with van der Waals surface area (Å²) in [4.78, 5) is 39.2. The van der Waals surface area contributed by atoms with Gasteiger partial charge in [-0.3, -0.25) is 10.1 Å². The number of anilines is 1. The van der Waals surface area contributed by atoms with Crippen molar-refractivity contribution in [1.82, 2.24) is 0 Å². The number of allylic oxidation sites excluding steroid dienone is 2. The summed E-state index contributed by atoms with van der Waals surface area (Å²) in [6.45, 7) is 7.19. The minimum atomic E-state index is -0.898. The minimum Gasteiger partial charge on any atom is -0.463 e. The first kappa shape index (κ1) is 25.2. The number of nitrogens with zero attached hydrogens (tertiary/aromatic N) is 2. The zero-order valence-electron chi connectivity index (χ0n) is 19.3. The number of esters is 2. The van der Waals surface area contributed by atoms with E-state index in [1.807, 2.05) is 24.3 Å². The standard InChI is InChI=1S/C25H25BrN2O6/c1-5-33-24(29)21-15(3)27(19-12-10-18(26)11-13-19)16(4)22(25(30)34-6-2)23(21)17-8-7-9-20(14-17)28(31)32/h7-14,23H,5-6H2,1-4H3. The first-order valence-electron chi connectivity index (χ1n) is 10.8. The van der Waals surface area contributed by atoms with E-state index < -0.39 is 22.8 Å². The molecule has 1 aliphatic rings. The fraction of sp³-hybridized carbons (Fsp3) is 0.280. The van der Waals surface area contributed by atoms with Crippen LogP contribution in [0.5, 0.6) is 0 Å². The van der Waals surface area contributed by atoms with Gasteiger partial charge in [0.15, 0.2) is 0 Å². The maximum Gasteiger partial charge on any atom is 0.336 e. The van der Waals surface area contributed by atoms with Crippen molar-refractivity contribution in [2.75, 3.05) is 18.1 Å². The molecule has 0 saturated carbocycles. The molecule has 0 amide bonds. The van der Waals surface area contributed by atoms with Crippen LogP contribution in [0.3, 0.4) is 0 Å². The van der Waals surface area contributed by atoms with Crippen molar-refractivity contribution >= 4 is 39.2 Å². The molecule has 8 nitrogen and oxygen atoms in total. The molecule has 34 heavy (non-hydrogen) atoms. The third-order valence-electron chi connectivity index (χ3n) is 5.52. The Morgan fingerprint density at radius 3 is 1.97 bits per heavy atom. The van der Waals surface area contributed by atoms with Gasteiger partial charge < -0.3 is 14.4 Å². The summed E-state index contributed by atoms with van der Waals surface area (Å²) in [6, 6.07) is 13.4. The second kappa shape index (κ2) is 10.6. The number of benzene rings is 2. The summed E-state index contributed by atoms with van der Waals surface area (Å²) in [6.07, 6.45) is 0. The van der Waals surface area contributed by atoms with Gasteiger partial charge in [-0.15, -0.1) is 0 Å². The van der Waals surface area contributed by atoms with E-state index >= 15 is 0 Å². The molecular formula is C25H25BrN2O6. The van der Waals surface area contributed by atoms with Crippen molar-refractivity contribution in [3.05, 3.63) is 91.2 Å². The zero-order chi connectivity index (χ0) is 25.0. The second-order valence-electron chi connectivity index (χ2n) is 7.54. The summed E-state index contributed by atoms with van der Waals surface area (Å²) >= 11 is 3.42. The SMILES string of the molecule is CCOC(=O)C1=C(C)N(c2ccc(Br)cc2)C(C)=C(C(=O)OCC)C1c1cccc([N+](=O)[O-])c1. The Morgan fingerprint density at radius 1 is 0.971 bits per heavy atom. The van der Waals surface area contributed by atoms with E-state index in [0.717, 1.165) is 10.2 Å². The van der Waals surface area contributed by atoms with Crippen molar-refractivity contribution in [1.29, 1.82) is 0 Å².